The summed E-state index contributed by atoms with van der Waals surface area (Å²) < 4.78 is 0. The largest absolute Gasteiger partial charge is 0.289 e. The molecule has 0 atom stereocenters. The zero-order valence-corrected chi connectivity index (χ0v) is 10.1. The molecule has 0 aliphatic heterocycles. The fourth-order valence-electron chi connectivity index (χ4n) is 1.31. The van der Waals surface area contributed by atoms with Crippen LogP contribution in [0, 0.1) is 0 Å². The highest BCUT2D eigenvalue weighted by atomic mass is 35.5. The fourth-order valence-corrected chi connectivity index (χ4v) is 1.51. The summed E-state index contributed by atoms with van der Waals surface area (Å²) in [6.45, 7) is 0. The molecule has 4 nitrogen and oxygen atoms in total. The number of aromatic nitrogens is 1. The number of halogens is 1. The van der Waals surface area contributed by atoms with E-state index in [4.69, 9.17) is 11.6 Å². The second kappa shape index (κ2) is 5.93. The first-order chi connectivity index (χ1) is 8.75. The Bertz CT molecular complexity index is 569. The van der Waals surface area contributed by atoms with E-state index in [1.165, 1.54) is 6.21 Å². The number of nitrogens with one attached hydrogen (secondary N) is 1. The second-order valence-electron chi connectivity index (χ2n) is 3.47. The second-order valence-corrected chi connectivity index (χ2v) is 3.91. The normalized spacial score (nSPS) is 10.5. The molecule has 5 heteroatoms. The molecule has 1 heterocycles. The van der Waals surface area contributed by atoms with Crippen molar-refractivity contribution in [3.63, 3.8) is 0 Å². The van der Waals surface area contributed by atoms with Crippen LogP contribution in [-0.4, -0.2) is 17.1 Å². The Balaban J connectivity index is 1.98. The van der Waals surface area contributed by atoms with Crippen LogP contribution in [-0.2, 0) is 0 Å². The van der Waals surface area contributed by atoms with Crippen LogP contribution in [0.15, 0.2) is 53.8 Å². The Labute approximate surface area is 109 Å². The third kappa shape index (κ3) is 3.40. The lowest BCUT2D eigenvalue weighted by atomic mass is 10.2. The van der Waals surface area contributed by atoms with Crippen LogP contribution in [0.3, 0.4) is 0 Å². The van der Waals surface area contributed by atoms with Crippen molar-refractivity contribution in [3.05, 3.63) is 64.9 Å². The monoisotopic (exact) mass is 259 g/mol. The van der Waals surface area contributed by atoms with Gasteiger partial charge < -0.3 is 0 Å². The van der Waals surface area contributed by atoms with Crippen molar-refractivity contribution in [2.45, 2.75) is 0 Å². The van der Waals surface area contributed by atoms with Gasteiger partial charge >= 0.3 is 0 Å². The van der Waals surface area contributed by atoms with Gasteiger partial charge in [-0.05, 0) is 29.8 Å². The van der Waals surface area contributed by atoms with Gasteiger partial charge in [-0.3, -0.25) is 9.78 Å². The lowest BCUT2D eigenvalue weighted by Crippen LogP contribution is -2.18. The van der Waals surface area contributed by atoms with E-state index in [1.807, 2.05) is 12.1 Å². The number of amides is 1. The minimum absolute atomic E-state index is 0.320. The minimum atomic E-state index is -0.353. The van der Waals surface area contributed by atoms with Crippen LogP contribution in [0.25, 0.3) is 0 Å². The van der Waals surface area contributed by atoms with Gasteiger partial charge in [-0.25, -0.2) is 5.43 Å². The summed E-state index contributed by atoms with van der Waals surface area (Å²) in [6.07, 6.45) is 3.07. The minimum Gasteiger partial charge on any atom is -0.266 e. The zero-order chi connectivity index (χ0) is 12.8. The molecule has 0 bridgehead atoms. The molecule has 1 amide bonds. The molecule has 18 heavy (non-hydrogen) atoms. The van der Waals surface area contributed by atoms with Gasteiger partial charge in [0.15, 0.2) is 0 Å². The molecule has 0 aliphatic rings. The van der Waals surface area contributed by atoms with Gasteiger partial charge in [-0.15, -0.1) is 0 Å². The summed E-state index contributed by atoms with van der Waals surface area (Å²) >= 11 is 5.82. The molecule has 0 fully saturated rings. The molecule has 0 saturated heterocycles. The van der Waals surface area contributed by atoms with Gasteiger partial charge in [0.2, 0.25) is 0 Å². The number of benzene rings is 1. The van der Waals surface area contributed by atoms with Crippen molar-refractivity contribution < 1.29 is 4.79 Å². The Morgan fingerprint density at radius 3 is 2.89 bits per heavy atom. The smallest absolute Gasteiger partial charge is 0.266 e. The Kier molecular flexibility index (Phi) is 4.04. The standard InChI is InChI=1S/C13H10ClN3O/c14-11-5-3-4-10(8-11)9-16-17-13(18)12-6-1-2-7-15-12/h1-9H,(H,17,18)/b16-9-. The molecular formula is C13H10ClN3O. The molecule has 2 rings (SSSR count). The third-order valence-electron chi connectivity index (χ3n) is 2.13. The first-order valence-electron chi connectivity index (χ1n) is 5.26. The molecule has 0 unspecified atom stereocenters. The van der Waals surface area contributed by atoms with E-state index >= 15 is 0 Å². The molecule has 0 saturated carbocycles. The van der Waals surface area contributed by atoms with Crippen LogP contribution in [0.2, 0.25) is 5.02 Å². The summed E-state index contributed by atoms with van der Waals surface area (Å²) in [7, 11) is 0. The van der Waals surface area contributed by atoms with Crippen molar-refractivity contribution in [2.75, 3.05) is 0 Å². The van der Waals surface area contributed by atoms with Crippen LogP contribution < -0.4 is 5.43 Å². The van der Waals surface area contributed by atoms with E-state index in [2.05, 4.69) is 15.5 Å². The van der Waals surface area contributed by atoms with Crippen molar-refractivity contribution in [1.82, 2.24) is 10.4 Å². The van der Waals surface area contributed by atoms with Crippen molar-refractivity contribution in [2.24, 2.45) is 5.10 Å². The van der Waals surface area contributed by atoms with E-state index in [-0.39, 0.29) is 5.91 Å². The lowest BCUT2D eigenvalue weighted by molar-refractivity contribution is 0.0950. The predicted molar refractivity (Wildman–Crippen MR) is 70.7 cm³/mol. The van der Waals surface area contributed by atoms with Gasteiger partial charge in [0, 0.05) is 11.2 Å². The molecule has 0 radical (unpaired) electrons. The Morgan fingerprint density at radius 2 is 2.17 bits per heavy atom. The zero-order valence-electron chi connectivity index (χ0n) is 9.38. The maximum atomic E-state index is 11.6. The Morgan fingerprint density at radius 1 is 1.28 bits per heavy atom. The first kappa shape index (κ1) is 12.3. The number of hydrazone groups is 1. The molecule has 1 N–H and O–H groups in total. The van der Waals surface area contributed by atoms with E-state index in [9.17, 15) is 4.79 Å². The topological polar surface area (TPSA) is 54.4 Å². The van der Waals surface area contributed by atoms with Gasteiger partial charge in [0.05, 0.1) is 6.21 Å². The van der Waals surface area contributed by atoms with Crippen molar-refractivity contribution in [1.29, 1.82) is 0 Å². The summed E-state index contributed by atoms with van der Waals surface area (Å²) in [4.78, 5) is 15.5. The van der Waals surface area contributed by atoms with Gasteiger partial charge in [-0.1, -0.05) is 29.8 Å². The molecule has 1 aromatic heterocycles. The average Bonchev–Trinajstić information content (AvgIpc) is 2.40. The molecule has 2 aromatic rings. The average molecular weight is 260 g/mol. The van der Waals surface area contributed by atoms with Crippen molar-refractivity contribution >= 4 is 23.7 Å². The highest BCUT2D eigenvalue weighted by molar-refractivity contribution is 6.30. The quantitative estimate of drug-likeness (QED) is 0.680. The van der Waals surface area contributed by atoms with E-state index in [0.717, 1.165) is 5.56 Å². The summed E-state index contributed by atoms with van der Waals surface area (Å²) in [5, 5.41) is 4.46. The lowest BCUT2D eigenvalue weighted by Gasteiger charge is -1.98. The number of hydrogen-bond acceptors (Lipinski definition) is 3. The van der Waals surface area contributed by atoms with E-state index in [1.54, 1.807) is 36.5 Å². The van der Waals surface area contributed by atoms with Crippen LogP contribution in [0.1, 0.15) is 16.1 Å². The fraction of sp³-hybridized carbons (Fsp3) is 0. The Hall–Kier alpha value is -2.20. The van der Waals surface area contributed by atoms with Crippen LogP contribution in [0.4, 0.5) is 0 Å². The number of carbonyl (C=O) groups excluding carboxylic acids is 1. The van der Waals surface area contributed by atoms with Gasteiger partial charge in [0.1, 0.15) is 5.69 Å². The first-order valence-corrected chi connectivity index (χ1v) is 5.63. The number of nitrogens with zero attached hydrogens (tertiary/aromatic N) is 2. The van der Waals surface area contributed by atoms with E-state index < -0.39 is 0 Å². The van der Waals surface area contributed by atoms with E-state index in [0.29, 0.717) is 10.7 Å². The maximum absolute atomic E-state index is 11.6. The summed E-state index contributed by atoms with van der Waals surface area (Å²) in [6, 6.07) is 12.3. The van der Waals surface area contributed by atoms with Crippen molar-refractivity contribution in [3.8, 4) is 0 Å². The number of hydrogen-bond donors (Lipinski definition) is 1. The highest BCUT2D eigenvalue weighted by Gasteiger charge is 2.03. The third-order valence-corrected chi connectivity index (χ3v) is 2.36. The number of carbonyl (C=O) groups is 1. The number of pyridine rings is 1. The van der Waals surface area contributed by atoms with Crippen LogP contribution in [0.5, 0.6) is 0 Å². The van der Waals surface area contributed by atoms with Gasteiger partial charge in [0.25, 0.3) is 5.91 Å². The summed E-state index contributed by atoms with van der Waals surface area (Å²) in [5.41, 5.74) is 3.52. The maximum Gasteiger partial charge on any atom is 0.289 e. The molecule has 1 aromatic carbocycles. The predicted octanol–water partition coefficient (Wildman–Crippen LogP) is 2.50. The molecule has 90 valence electrons. The molecular weight excluding hydrogens is 250 g/mol. The van der Waals surface area contributed by atoms with Gasteiger partial charge in [-0.2, -0.15) is 5.10 Å². The highest BCUT2D eigenvalue weighted by Crippen LogP contribution is 2.08. The number of rotatable bonds is 3. The summed E-state index contributed by atoms with van der Waals surface area (Å²) in [5.74, 6) is -0.353. The SMILES string of the molecule is O=C(N/N=C\c1cccc(Cl)c1)c1ccccn1. The molecule has 0 aliphatic carbocycles. The van der Waals surface area contributed by atoms with Crippen LogP contribution >= 0.6 is 11.6 Å². The molecule has 0 spiro atoms.